The van der Waals surface area contributed by atoms with E-state index in [1.807, 2.05) is 32.2 Å². The lowest BCUT2D eigenvalue weighted by molar-refractivity contribution is -0.145. The van der Waals surface area contributed by atoms with Crippen LogP contribution in [0.5, 0.6) is 0 Å². The average Bonchev–Trinajstić information content (AvgIpc) is 2.93. The molecule has 0 spiro atoms. The van der Waals surface area contributed by atoms with Crippen molar-refractivity contribution in [2.45, 2.75) is 26.2 Å². The van der Waals surface area contributed by atoms with Crippen molar-refractivity contribution in [3.05, 3.63) is 48.2 Å². The maximum absolute atomic E-state index is 12.2. The number of carbonyl (C=O) groups excluding carboxylic acids is 1. The highest BCUT2D eigenvalue weighted by molar-refractivity contribution is 6.09. The SMILES string of the molecule is CCOC(=O)C(CC)c1c[nH]c2ccc3ccccc3c12. The van der Waals surface area contributed by atoms with Gasteiger partial charge in [0.1, 0.15) is 0 Å². The Morgan fingerprint density at radius 2 is 2.00 bits per heavy atom. The summed E-state index contributed by atoms with van der Waals surface area (Å²) in [7, 11) is 0. The van der Waals surface area contributed by atoms with Crippen LogP contribution in [0.3, 0.4) is 0 Å². The van der Waals surface area contributed by atoms with Gasteiger partial charge in [-0.2, -0.15) is 0 Å². The molecule has 0 radical (unpaired) electrons. The van der Waals surface area contributed by atoms with Gasteiger partial charge in [-0.15, -0.1) is 0 Å². The molecule has 0 amide bonds. The second kappa shape index (κ2) is 5.60. The highest BCUT2D eigenvalue weighted by atomic mass is 16.5. The summed E-state index contributed by atoms with van der Waals surface area (Å²) >= 11 is 0. The summed E-state index contributed by atoms with van der Waals surface area (Å²) in [5, 5.41) is 3.49. The molecule has 3 rings (SSSR count). The molecular formula is C18H19NO2. The smallest absolute Gasteiger partial charge is 0.313 e. The predicted octanol–water partition coefficient (Wildman–Crippen LogP) is 4.38. The number of benzene rings is 2. The van der Waals surface area contributed by atoms with Crippen LogP contribution in [0.1, 0.15) is 31.7 Å². The Labute approximate surface area is 123 Å². The van der Waals surface area contributed by atoms with Gasteiger partial charge in [-0.1, -0.05) is 37.3 Å². The Kier molecular flexibility index (Phi) is 3.65. The number of ether oxygens (including phenoxy) is 1. The molecule has 0 bridgehead atoms. The van der Waals surface area contributed by atoms with Gasteiger partial charge < -0.3 is 9.72 Å². The van der Waals surface area contributed by atoms with Crippen LogP contribution >= 0.6 is 0 Å². The van der Waals surface area contributed by atoms with Gasteiger partial charge in [-0.3, -0.25) is 4.79 Å². The summed E-state index contributed by atoms with van der Waals surface area (Å²) in [6.45, 7) is 4.28. The molecule has 21 heavy (non-hydrogen) atoms. The van der Waals surface area contributed by atoms with Gasteiger partial charge in [0.2, 0.25) is 0 Å². The van der Waals surface area contributed by atoms with Crippen LogP contribution < -0.4 is 0 Å². The summed E-state index contributed by atoms with van der Waals surface area (Å²) < 4.78 is 5.23. The zero-order valence-electron chi connectivity index (χ0n) is 12.3. The quantitative estimate of drug-likeness (QED) is 0.721. The van der Waals surface area contributed by atoms with Crippen LogP contribution in [-0.4, -0.2) is 17.6 Å². The summed E-state index contributed by atoms with van der Waals surface area (Å²) in [6.07, 6.45) is 2.68. The van der Waals surface area contributed by atoms with Crippen molar-refractivity contribution >= 4 is 27.6 Å². The predicted molar refractivity (Wildman–Crippen MR) is 85.5 cm³/mol. The monoisotopic (exact) mass is 281 g/mol. The minimum Gasteiger partial charge on any atom is -0.466 e. The van der Waals surface area contributed by atoms with Crippen LogP contribution in [0.4, 0.5) is 0 Å². The minimum atomic E-state index is -0.218. The van der Waals surface area contributed by atoms with Crippen LogP contribution in [0.15, 0.2) is 42.6 Å². The molecule has 3 aromatic rings. The number of esters is 1. The molecule has 0 aliphatic rings. The molecular weight excluding hydrogens is 262 g/mol. The molecule has 1 unspecified atom stereocenters. The van der Waals surface area contributed by atoms with Crippen molar-refractivity contribution in [2.75, 3.05) is 6.61 Å². The lowest BCUT2D eigenvalue weighted by Gasteiger charge is -2.13. The molecule has 3 heteroatoms. The van der Waals surface area contributed by atoms with E-state index in [2.05, 4.69) is 29.2 Å². The van der Waals surface area contributed by atoms with E-state index >= 15 is 0 Å². The Hall–Kier alpha value is -2.29. The number of aromatic amines is 1. The number of aromatic nitrogens is 1. The average molecular weight is 281 g/mol. The zero-order valence-corrected chi connectivity index (χ0v) is 12.3. The van der Waals surface area contributed by atoms with Gasteiger partial charge in [0.05, 0.1) is 12.5 Å². The van der Waals surface area contributed by atoms with Gasteiger partial charge in [0.15, 0.2) is 0 Å². The second-order valence-corrected chi connectivity index (χ2v) is 5.17. The van der Waals surface area contributed by atoms with Crippen molar-refractivity contribution in [2.24, 2.45) is 0 Å². The van der Waals surface area contributed by atoms with E-state index in [-0.39, 0.29) is 11.9 Å². The largest absolute Gasteiger partial charge is 0.466 e. The summed E-state index contributed by atoms with van der Waals surface area (Å²) in [6, 6.07) is 12.4. The molecule has 1 atom stereocenters. The minimum absolute atomic E-state index is 0.145. The molecule has 1 aromatic heterocycles. The molecule has 1 N–H and O–H groups in total. The summed E-state index contributed by atoms with van der Waals surface area (Å²) in [4.78, 5) is 15.5. The zero-order chi connectivity index (χ0) is 14.8. The van der Waals surface area contributed by atoms with Gasteiger partial charge in [-0.05, 0) is 35.7 Å². The topological polar surface area (TPSA) is 42.1 Å². The van der Waals surface area contributed by atoms with Gasteiger partial charge in [0, 0.05) is 17.1 Å². The van der Waals surface area contributed by atoms with Gasteiger partial charge >= 0.3 is 5.97 Å². The highest BCUT2D eigenvalue weighted by Gasteiger charge is 2.23. The lowest BCUT2D eigenvalue weighted by Crippen LogP contribution is -2.15. The first-order valence-corrected chi connectivity index (χ1v) is 7.41. The highest BCUT2D eigenvalue weighted by Crippen LogP contribution is 2.34. The first-order chi connectivity index (χ1) is 10.3. The fraction of sp³-hybridized carbons (Fsp3) is 0.278. The Morgan fingerprint density at radius 1 is 1.19 bits per heavy atom. The van der Waals surface area contributed by atoms with Crippen LogP contribution in [0.25, 0.3) is 21.7 Å². The van der Waals surface area contributed by atoms with Crippen molar-refractivity contribution in [1.29, 1.82) is 0 Å². The van der Waals surface area contributed by atoms with E-state index in [1.165, 1.54) is 10.8 Å². The molecule has 2 aromatic carbocycles. The van der Waals surface area contributed by atoms with E-state index in [9.17, 15) is 4.79 Å². The maximum Gasteiger partial charge on any atom is 0.313 e. The summed E-state index contributed by atoms with van der Waals surface area (Å²) in [5.74, 6) is -0.363. The fourth-order valence-electron chi connectivity index (χ4n) is 2.96. The van der Waals surface area contributed by atoms with Crippen molar-refractivity contribution in [3.63, 3.8) is 0 Å². The van der Waals surface area contributed by atoms with E-state index in [0.717, 1.165) is 22.9 Å². The number of carbonyl (C=O) groups is 1. The van der Waals surface area contributed by atoms with Crippen LogP contribution in [0.2, 0.25) is 0 Å². The van der Waals surface area contributed by atoms with E-state index in [1.54, 1.807) is 0 Å². The third kappa shape index (κ3) is 2.29. The van der Waals surface area contributed by atoms with Crippen molar-refractivity contribution in [1.82, 2.24) is 4.98 Å². The Bertz CT molecular complexity index is 788. The van der Waals surface area contributed by atoms with E-state index < -0.39 is 0 Å². The lowest BCUT2D eigenvalue weighted by atomic mass is 9.93. The third-order valence-corrected chi connectivity index (χ3v) is 3.96. The maximum atomic E-state index is 12.2. The fourth-order valence-corrected chi connectivity index (χ4v) is 2.96. The number of hydrogen-bond donors (Lipinski definition) is 1. The molecule has 3 nitrogen and oxygen atoms in total. The normalized spacial score (nSPS) is 12.7. The van der Waals surface area contributed by atoms with E-state index in [0.29, 0.717) is 6.61 Å². The first kappa shape index (κ1) is 13.7. The first-order valence-electron chi connectivity index (χ1n) is 7.41. The third-order valence-electron chi connectivity index (χ3n) is 3.96. The molecule has 1 heterocycles. The van der Waals surface area contributed by atoms with Crippen molar-refractivity contribution in [3.8, 4) is 0 Å². The summed E-state index contributed by atoms with van der Waals surface area (Å²) in [5.41, 5.74) is 2.09. The molecule has 108 valence electrons. The van der Waals surface area contributed by atoms with Gasteiger partial charge in [0.25, 0.3) is 0 Å². The van der Waals surface area contributed by atoms with Gasteiger partial charge in [-0.25, -0.2) is 0 Å². The van der Waals surface area contributed by atoms with Crippen molar-refractivity contribution < 1.29 is 9.53 Å². The molecule has 0 aliphatic heterocycles. The standard InChI is InChI=1S/C18H19NO2/c1-3-13(18(20)21-4-2)15-11-19-16-10-9-12-7-5-6-8-14(12)17(15)16/h5-11,13,19H,3-4H2,1-2H3. The number of fused-ring (bicyclic) bond motifs is 3. The Balaban J connectivity index is 2.22. The number of hydrogen-bond acceptors (Lipinski definition) is 2. The second-order valence-electron chi connectivity index (χ2n) is 5.17. The number of H-pyrrole nitrogens is 1. The Morgan fingerprint density at radius 3 is 2.76 bits per heavy atom. The number of rotatable bonds is 4. The van der Waals surface area contributed by atoms with E-state index in [4.69, 9.17) is 4.74 Å². The molecule has 0 saturated heterocycles. The number of nitrogens with one attached hydrogen (secondary N) is 1. The molecule has 0 fully saturated rings. The molecule has 0 saturated carbocycles. The van der Waals surface area contributed by atoms with Crippen LogP contribution in [-0.2, 0) is 9.53 Å². The molecule has 0 aliphatic carbocycles. The van der Waals surface area contributed by atoms with Crippen LogP contribution in [0, 0.1) is 0 Å².